The van der Waals surface area contributed by atoms with Gasteiger partial charge in [-0.3, -0.25) is 9.59 Å². The molecule has 0 atom stereocenters. The minimum absolute atomic E-state index is 0.150. The van der Waals surface area contributed by atoms with Gasteiger partial charge in [0.15, 0.2) is 0 Å². The monoisotopic (exact) mass is 160 g/mol. The van der Waals surface area contributed by atoms with E-state index in [0.29, 0.717) is 0 Å². The van der Waals surface area contributed by atoms with Gasteiger partial charge in [0.1, 0.15) is 0 Å². The van der Waals surface area contributed by atoms with Crippen molar-refractivity contribution in [3.8, 4) is 0 Å². The molecule has 0 aromatic rings. The van der Waals surface area contributed by atoms with Crippen LogP contribution >= 0.6 is 11.8 Å². The van der Waals surface area contributed by atoms with Gasteiger partial charge >= 0.3 is 0 Å². The summed E-state index contributed by atoms with van der Waals surface area (Å²) in [6.45, 7) is 7.00. The van der Waals surface area contributed by atoms with E-state index in [1.165, 1.54) is 6.92 Å². The second-order valence-corrected chi connectivity index (χ2v) is 4.86. The molecule has 0 rings (SSSR count). The number of Topliss-reactive ketones (excluding diaryl/α,β-unsaturated/α-hetero) is 1. The van der Waals surface area contributed by atoms with Crippen LogP contribution in [0.1, 0.15) is 27.7 Å². The van der Waals surface area contributed by atoms with E-state index in [9.17, 15) is 9.59 Å². The van der Waals surface area contributed by atoms with E-state index >= 15 is 0 Å². The number of rotatable bonds is 1. The lowest BCUT2D eigenvalue weighted by molar-refractivity contribution is -0.130. The summed E-state index contributed by atoms with van der Waals surface area (Å²) < 4.78 is -0.150. The zero-order valence-electron chi connectivity index (χ0n) is 6.72. The SMILES string of the molecule is CC(=O)C(=O)SC(C)(C)C. The number of hydrogen-bond donors (Lipinski definition) is 0. The molecule has 0 saturated heterocycles. The van der Waals surface area contributed by atoms with Gasteiger partial charge in [-0.1, -0.05) is 32.5 Å². The third-order valence-corrected chi connectivity index (χ3v) is 1.77. The molecule has 58 valence electrons. The summed E-state index contributed by atoms with van der Waals surface area (Å²) in [5, 5.41) is -0.354. The highest BCUT2D eigenvalue weighted by atomic mass is 32.2. The maximum atomic E-state index is 10.8. The first kappa shape index (κ1) is 9.69. The molecule has 0 N–H and O–H groups in total. The molecule has 0 amide bonds. The summed E-state index contributed by atoms with van der Waals surface area (Å²) in [5.41, 5.74) is 0. The fourth-order valence-electron chi connectivity index (χ4n) is 0.350. The Hall–Kier alpha value is -0.310. The summed E-state index contributed by atoms with van der Waals surface area (Å²) in [7, 11) is 0. The van der Waals surface area contributed by atoms with Gasteiger partial charge in [-0.2, -0.15) is 0 Å². The van der Waals surface area contributed by atoms with Crippen LogP contribution in [0, 0.1) is 0 Å². The van der Waals surface area contributed by atoms with Gasteiger partial charge in [-0.25, -0.2) is 0 Å². The van der Waals surface area contributed by atoms with E-state index in [1.807, 2.05) is 20.8 Å². The van der Waals surface area contributed by atoms with Crippen LogP contribution in [0.4, 0.5) is 0 Å². The van der Waals surface area contributed by atoms with Crippen LogP contribution in [0.3, 0.4) is 0 Å². The van der Waals surface area contributed by atoms with Crippen LogP contribution in [0.25, 0.3) is 0 Å². The highest BCUT2D eigenvalue weighted by Crippen LogP contribution is 2.23. The predicted octanol–water partition coefficient (Wildman–Crippen LogP) is 1.63. The molecule has 0 radical (unpaired) electrons. The predicted molar refractivity (Wildman–Crippen MR) is 43.0 cm³/mol. The molecule has 0 aliphatic rings. The quantitative estimate of drug-likeness (QED) is 0.547. The van der Waals surface area contributed by atoms with Crippen LogP contribution in [0.5, 0.6) is 0 Å². The first-order valence-electron chi connectivity index (χ1n) is 3.07. The van der Waals surface area contributed by atoms with Gasteiger partial charge in [0.2, 0.25) is 5.78 Å². The average molecular weight is 160 g/mol. The molecule has 0 saturated carbocycles. The molecule has 0 fully saturated rings. The smallest absolute Gasteiger partial charge is 0.255 e. The molecular formula is C7H12O2S. The first-order chi connectivity index (χ1) is 4.33. The number of hydrogen-bond acceptors (Lipinski definition) is 3. The van der Waals surface area contributed by atoms with Crippen molar-refractivity contribution in [2.75, 3.05) is 0 Å². The molecule has 0 aliphatic heterocycles. The first-order valence-corrected chi connectivity index (χ1v) is 3.88. The molecule has 0 unspecified atom stereocenters. The molecule has 0 aromatic heterocycles. The van der Waals surface area contributed by atoms with Crippen molar-refractivity contribution in [1.29, 1.82) is 0 Å². The number of thioether (sulfide) groups is 1. The summed E-state index contributed by atoms with van der Waals surface area (Å²) in [6.07, 6.45) is 0. The fraction of sp³-hybridized carbons (Fsp3) is 0.714. The van der Waals surface area contributed by atoms with Gasteiger partial charge in [-0.05, 0) is 0 Å². The lowest BCUT2D eigenvalue weighted by Crippen LogP contribution is -2.16. The number of carbonyl (C=O) groups is 2. The van der Waals surface area contributed by atoms with E-state index in [-0.39, 0.29) is 15.6 Å². The molecule has 2 nitrogen and oxygen atoms in total. The maximum Gasteiger partial charge on any atom is 0.255 e. The normalized spacial score (nSPS) is 11.2. The molecule has 0 heterocycles. The van der Waals surface area contributed by atoms with Gasteiger partial charge in [-0.15, -0.1) is 0 Å². The molecular weight excluding hydrogens is 148 g/mol. The summed E-state index contributed by atoms with van der Waals surface area (Å²) in [5.74, 6) is -0.375. The average Bonchev–Trinajstić information content (AvgIpc) is 1.60. The van der Waals surface area contributed by atoms with Crippen molar-refractivity contribution in [3.05, 3.63) is 0 Å². The van der Waals surface area contributed by atoms with Crippen LogP contribution in [-0.2, 0) is 9.59 Å². The van der Waals surface area contributed by atoms with E-state index in [2.05, 4.69) is 0 Å². The summed E-state index contributed by atoms with van der Waals surface area (Å²) in [6, 6.07) is 0. The standard InChI is InChI=1S/C7H12O2S/c1-5(8)6(9)10-7(2,3)4/h1-4H3. The second-order valence-electron chi connectivity index (χ2n) is 3.06. The van der Waals surface area contributed by atoms with Crippen molar-refractivity contribution in [1.82, 2.24) is 0 Å². The van der Waals surface area contributed by atoms with Crippen LogP contribution in [0.2, 0.25) is 0 Å². The highest BCUT2D eigenvalue weighted by Gasteiger charge is 2.19. The molecule has 0 aliphatic carbocycles. The van der Waals surface area contributed by atoms with Crippen molar-refractivity contribution < 1.29 is 9.59 Å². The third kappa shape index (κ3) is 4.56. The second kappa shape index (κ2) is 3.19. The topological polar surface area (TPSA) is 34.1 Å². The summed E-state index contributed by atoms with van der Waals surface area (Å²) in [4.78, 5) is 21.2. The number of carbonyl (C=O) groups excluding carboxylic acids is 2. The maximum absolute atomic E-state index is 10.8. The van der Waals surface area contributed by atoms with Crippen molar-refractivity contribution in [3.63, 3.8) is 0 Å². The Kier molecular flexibility index (Phi) is 3.09. The third-order valence-electron chi connectivity index (χ3n) is 0.686. The van der Waals surface area contributed by atoms with Crippen LogP contribution in [0.15, 0.2) is 0 Å². The molecule has 0 bridgehead atoms. The Morgan fingerprint density at radius 1 is 1.20 bits per heavy atom. The highest BCUT2D eigenvalue weighted by molar-refractivity contribution is 8.16. The lowest BCUT2D eigenvalue weighted by atomic mass is 10.3. The Balaban J connectivity index is 3.93. The fourth-order valence-corrected chi connectivity index (χ4v) is 1.05. The van der Waals surface area contributed by atoms with Crippen molar-refractivity contribution in [2.24, 2.45) is 0 Å². The Bertz CT molecular complexity index is 155. The van der Waals surface area contributed by atoms with E-state index < -0.39 is 0 Å². The Morgan fingerprint density at radius 3 is 1.70 bits per heavy atom. The minimum atomic E-state index is -0.375. The Morgan fingerprint density at radius 2 is 1.60 bits per heavy atom. The van der Waals surface area contributed by atoms with Gasteiger partial charge in [0.05, 0.1) is 0 Å². The zero-order chi connectivity index (χ0) is 8.36. The Labute approximate surface area is 65.4 Å². The lowest BCUT2D eigenvalue weighted by Gasteiger charge is -2.14. The van der Waals surface area contributed by atoms with E-state index in [4.69, 9.17) is 0 Å². The van der Waals surface area contributed by atoms with Gasteiger partial charge in [0, 0.05) is 11.7 Å². The summed E-state index contributed by atoms with van der Waals surface area (Å²) >= 11 is 1.08. The molecule has 0 spiro atoms. The van der Waals surface area contributed by atoms with Crippen LogP contribution < -0.4 is 0 Å². The zero-order valence-corrected chi connectivity index (χ0v) is 7.54. The number of ketones is 1. The molecule has 3 heteroatoms. The van der Waals surface area contributed by atoms with Gasteiger partial charge < -0.3 is 0 Å². The molecule has 0 aromatic carbocycles. The van der Waals surface area contributed by atoms with E-state index in [0.717, 1.165) is 11.8 Å². The van der Waals surface area contributed by atoms with Crippen LogP contribution in [-0.4, -0.2) is 15.6 Å². The minimum Gasteiger partial charge on any atom is -0.290 e. The largest absolute Gasteiger partial charge is 0.290 e. The van der Waals surface area contributed by atoms with Crippen molar-refractivity contribution in [2.45, 2.75) is 32.4 Å². The van der Waals surface area contributed by atoms with Crippen molar-refractivity contribution >= 4 is 22.7 Å². The van der Waals surface area contributed by atoms with Gasteiger partial charge in [0.25, 0.3) is 5.12 Å². The van der Waals surface area contributed by atoms with E-state index in [1.54, 1.807) is 0 Å². The molecule has 10 heavy (non-hydrogen) atoms.